The molecular weight excluding hydrogens is 214 g/mol. The summed E-state index contributed by atoms with van der Waals surface area (Å²) in [4.78, 5) is 4.38. The van der Waals surface area contributed by atoms with E-state index in [1.165, 1.54) is 11.1 Å². The minimum absolute atomic E-state index is 0.0324. The lowest BCUT2D eigenvalue weighted by atomic mass is 10.1. The van der Waals surface area contributed by atoms with Crippen molar-refractivity contribution in [3.63, 3.8) is 0 Å². The van der Waals surface area contributed by atoms with Crippen molar-refractivity contribution in [3.05, 3.63) is 53.2 Å². The highest BCUT2D eigenvalue weighted by Gasteiger charge is 2.10. The summed E-state index contributed by atoms with van der Waals surface area (Å²) in [6, 6.07) is 8.29. The van der Waals surface area contributed by atoms with E-state index in [4.69, 9.17) is 9.52 Å². The molecule has 0 radical (unpaired) electrons. The van der Waals surface area contributed by atoms with Crippen LogP contribution in [-0.2, 0) is 6.42 Å². The van der Waals surface area contributed by atoms with Crippen LogP contribution in [0.5, 0.6) is 0 Å². The zero-order valence-electron chi connectivity index (χ0n) is 10.2. The van der Waals surface area contributed by atoms with E-state index in [1.54, 1.807) is 6.26 Å². The molecule has 1 aromatic carbocycles. The summed E-state index contributed by atoms with van der Waals surface area (Å²) in [7, 11) is 0. The molecule has 0 spiro atoms. The third-order valence-corrected chi connectivity index (χ3v) is 2.79. The quantitative estimate of drug-likeness (QED) is 0.880. The van der Waals surface area contributed by atoms with Crippen LogP contribution < -0.4 is 0 Å². The third kappa shape index (κ3) is 2.94. The standard InChI is InChI=1S/C14H17NO2/c1-10-4-3-5-12(6-10)7-14-15-13(9-17-14)11(2)8-16/h3-6,9,11,16H,7-8H2,1-2H3. The van der Waals surface area contributed by atoms with Crippen molar-refractivity contribution < 1.29 is 9.52 Å². The molecule has 0 aliphatic heterocycles. The minimum Gasteiger partial charge on any atom is -0.448 e. The number of nitrogens with zero attached hydrogens (tertiary/aromatic N) is 1. The molecule has 3 heteroatoms. The third-order valence-electron chi connectivity index (χ3n) is 2.79. The van der Waals surface area contributed by atoms with Gasteiger partial charge in [0.15, 0.2) is 5.89 Å². The molecule has 0 fully saturated rings. The van der Waals surface area contributed by atoms with Crippen LogP contribution in [0, 0.1) is 6.92 Å². The largest absolute Gasteiger partial charge is 0.448 e. The first-order chi connectivity index (χ1) is 8.19. The summed E-state index contributed by atoms with van der Waals surface area (Å²) >= 11 is 0. The molecule has 1 atom stereocenters. The van der Waals surface area contributed by atoms with E-state index in [1.807, 2.05) is 13.0 Å². The smallest absolute Gasteiger partial charge is 0.198 e. The van der Waals surface area contributed by atoms with Gasteiger partial charge in [-0.25, -0.2) is 4.98 Å². The van der Waals surface area contributed by atoms with Crippen LogP contribution in [0.25, 0.3) is 0 Å². The monoisotopic (exact) mass is 231 g/mol. The average molecular weight is 231 g/mol. The lowest BCUT2D eigenvalue weighted by Gasteiger charge is -2.01. The van der Waals surface area contributed by atoms with Crippen LogP contribution in [0.4, 0.5) is 0 Å². The van der Waals surface area contributed by atoms with E-state index in [9.17, 15) is 0 Å². The van der Waals surface area contributed by atoms with Gasteiger partial charge in [-0.15, -0.1) is 0 Å². The van der Waals surface area contributed by atoms with E-state index in [-0.39, 0.29) is 12.5 Å². The maximum Gasteiger partial charge on any atom is 0.198 e. The maximum absolute atomic E-state index is 9.04. The van der Waals surface area contributed by atoms with Gasteiger partial charge in [-0.2, -0.15) is 0 Å². The molecule has 0 aliphatic rings. The SMILES string of the molecule is Cc1cccc(Cc2nc(C(C)CO)co2)c1. The van der Waals surface area contributed by atoms with E-state index in [0.717, 1.165) is 5.69 Å². The van der Waals surface area contributed by atoms with Crippen LogP contribution in [0.2, 0.25) is 0 Å². The number of aliphatic hydroxyl groups is 1. The predicted octanol–water partition coefficient (Wildman–Crippen LogP) is 2.67. The van der Waals surface area contributed by atoms with Crippen LogP contribution in [0.1, 0.15) is 35.6 Å². The maximum atomic E-state index is 9.04. The van der Waals surface area contributed by atoms with Crippen LogP contribution in [-0.4, -0.2) is 16.7 Å². The summed E-state index contributed by atoms with van der Waals surface area (Å²) in [6.07, 6.45) is 2.33. The first-order valence-corrected chi connectivity index (χ1v) is 5.79. The Bertz CT molecular complexity index is 490. The molecular formula is C14H17NO2. The average Bonchev–Trinajstić information content (AvgIpc) is 2.76. The van der Waals surface area contributed by atoms with Crippen LogP contribution in [0.15, 0.2) is 34.9 Å². The molecule has 0 saturated heterocycles. The Balaban J connectivity index is 2.11. The fourth-order valence-electron chi connectivity index (χ4n) is 1.72. The van der Waals surface area contributed by atoms with Gasteiger partial charge in [-0.05, 0) is 12.5 Å². The van der Waals surface area contributed by atoms with Crippen molar-refractivity contribution in [1.82, 2.24) is 4.98 Å². The number of aromatic nitrogens is 1. The fourth-order valence-corrected chi connectivity index (χ4v) is 1.72. The van der Waals surface area contributed by atoms with Crippen molar-refractivity contribution in [1.29, 1.82) is 0 Å². The molecule has 0 amide bonds. The second kappa shape index (κ2) is 5.15. The van der Waals surface area contributed by atoms with Gasteiger partial charge in [0.05, 0.1) is 12.3 Å². The van der Waals surface area contributed by atoms with Gasteiger partial charge < -0.3 is 9.52 Å². The first-order valence-electron chi connectivity index (χ1n) is 5.79. The van der Waals surface area contributed by atoms with E-state index < -0.39 is 0 Å². The Morgan fingerprint density at radius 3 is 2.94 bits per heavy atom. The van der Waals surface area contributed by atoms with Gasteiger partial charge in [-0.1, -0.05) is 36.8 Å². The number of hydrogen-bond acceptors (Lipinski definition) is 3. The van der Waals surface area contributed by atoms with Crippen molar-refractivity contribution in [2.24, 2.45) is 0 Å². The van der Waals surface area contributed by atoms with E-state index >= 15 is 0 Å². The molecule has 90 valence electrons. The summed E-state index contributed by atoms with van der Waals surface area (Å²) < 4.78 is 5.41. The molecule has 1 heterocycles. The summed E-state index contributed by atoms with van der Waals surface area (Å²) in [5.41, 5.74) is 3.24. The molecule has 0 bridgehead atoms. The number of aryl methyl sites for hydroxylation is 1. The Hall–Kier alpha value is -1.61. The Morgan fingerprint density at radius 2 is 2.24 bits per heavy atom. The molecule has 2 aromatic rings. The lowest BCUT2D eigenvalue weighted by Crippen LogP contribution is -1.99. The second-order valence-corrected chi connectivity index (χ2v) is 4.42. The highest BCUT2D eigenvalue weighted by Crippen LogP contribution is 2.16. The molecule has 1 unspecified atom stereocenters. The second-order valence-electron chi connectivity index (χ2n) is 4.42. The van der Waals surface area contributed by atoms with Gasteiger partial charge in [0, 0.05) is 12.3 Å². The van der Waals surface area contributed by atoms with Gasteiger partial charge in [-0.3, -0.25) is 0 Å². The first kappa shape index (κ1) is 11.9. The molecule has 17 heavy (non-hydrogen) atoms. The van der Waals surface area contributed by atoms with Gasteiger partial charge in [0.25, 0.3) is 0 Å². The molecule has 0 aliphatic carbocycles. The molecule has 2 rings (SSSR count). The highest BCUT2D eigenvalue weighted by molar-refractivity contribution is 5.24. The zero-order valence-corrected chi connectivity index (χ0v) is 10.2. The predicted molar refractivity (Wildman–Crippen MR) is 66.0 cm³/mol. The number of hydrogen-bond donors (Lipinski definition) is 1. The topological polar surface area (TPSA) is 46.3 Å². The highest BCUT2D eigenvalue weighted by atomic mass is 16.3. The number of rotatable bonds is 4. The number of aliphatic hydroxyl groups excluding tert-OH is 1. The van der Waals surface area contributed by atoms with Crippen molar-refractivity contribution >= 4 is 0 Å². The Labute approximate surface area is 101 Å². The Kier molecular flexibility index (Phi) is 3.59. The van der Waals surface area contributed by atoms with Crippen molar-refractivity contribution in [3.8, 4) is 0 Å². The van der Waals surface area contributed by atoms with E-state index in [0.29, 0.717) is 12.3 Å². The van der Waals surface area contributed by atoms with E-state index in [2.05, 4.69) is 30.1 Å². The zero-order chi connectivity index (χ0) is 12.3. The van der Waals surface area contributed by atoms with Crippen molar-refractivity contribution in [2.75, 3.05) is 6.61 Å². The summed E-state index contributed by atoms with van der Waals surface area (Å²) in [6.45, 7) is 4.09. The number of oxazole rings is 1. The van der Waals surface area contributed by atoms with Gasteiger partial charge >= 0.3 is 0 Å². The van der Waals surface area contributed by atoms with Gasteiger partial charge in [0.1, 0.15) is 6.26 Å². The van der Waals surface area contributed by atoms with Gasteiger partial charge in [0.2, 0.25) is 0 Å². The lowest BCUT2D eigenvalue weighted by molar-refractivity contribution is 0.271. The van der Waals surface area contributed by atoms with Crippen LogP contribution >= 0.6 is 0 Å². The molecule has 1 aromatic heterocycles. The number of benzene rings is 1. The molecule has 0 saturated carbocycles. The Morgan fingerprint density at radius 1 is 1.41 bits per heavy atom. The minimum atomic E-state index is 0.0324. The molecule has 3 nitrogen and oxygen atoms in total. The summed E-state index contributed by atoms with van der Waals surface area (Å²) in [5, 5.41) is 9.04. The molecule has 1 N–H and O–H groups in total. The van der Waals surface area contributed by atoms with Crippen LogP contribution in [0.3, 0.4) is 0 Å². The van der Waals surface area contributed by atoms with Crippen molar-refractivity contribution in [2.45, 2.75) is 26.2 Å². The normalized spacial score (nSPS) is 12.6. The summed E-state index contributed by atoms with van der Waals surface area (Å²) in [5.74, 6) is 0.732. The fraction of sp³-hybridized carbons (Fsp3) is 0.357.